The van der Waals surface area contributed by atoms with Gasteiger partial charge < -0.3 is 16.8 Å². The smallest absolute Gasteiger partial charge is 0.273 e. The summed E-state index contributed by atoms with van der Waals surface area (Å²) < 4.78 is 17.8. The number of nitrogens with one attached hydrogen (secondary N) is 1. The summed E-state index contributed by atoms with van der Waals surface area (Å²) in [6.07, 6.45) is 0. The van der Waals surface area contributed by atoms with Gasteiger partial charge in [0.05, 0.1) is 5.69 Å². The van der Waals surface area contributed by atoms with E-state index in [-0.39, 0.29) is 28.7 Å². The predicted octanol–water partition coefficient (Wildman–Crippen LogP) is 4.79. The third-order valence-corrected chi connectivity index (χ3v) is 7.07. The Bertz CT molecular complexity index is 1470. The van der Waals surface area contributed by atoms with Gasteiger partial charge in [-0.25, -0.2) is 4.39 Å². The van der Waals surface area contributed by atoms with E-state index in [1.54, 1.807) is 12.1 Å². The molecule has 0 saturated carbocycles. The van der Waals surface area contributed by atoms with E-state index in [2.05, 4.69) is 9.69 Å². The Morgan fingerprint density at radius 1 is 0.949 bits per heavy atom. The normalized spacial score (nSPS) is 11.7. The second-order valence-corrected chi connectivity index (χ2v) is 9.99. The molecule has 0 aliphatic carbocycles. The van der Waals surface area contributed by atoms with Crippen LogP contribution in [0.3, 0.4) is 0 Å². The maximum absolute atomic E-state index is 14.1. The molecule has 0 aliphatic heterocycles. The Morgan fingerprint density at radius 3 is 2.13 bits per heavy atom. The molecule has 10 heteroatoms. The van der Waals surface area contributed by atoms with Crippen LogP contribution in [0.4, 0.5) is 15.8 Å². The molecule has 0 radical (unpaired) electrons. The van der Waals surface area contributed by atoms with Crippen molar-refractivity contribution in [3.8, 4) is 0 Å². The molecule has 1 aromatic heterocycles. The Morgan fingerprint density at radius 2 is 1.56 bits per heavy atom. The Hall–Kier alpha value is -4.57. The van der Waals surface area contributed by atoms with Crippen molar-refractivity contribution in [2.24, 2.45) is 5.73 Å². The van der Waals surface area contributed by atoms with Crippen molar-refractivity contribution in [1.29, 1.82) is 0 Å². The number of rotatable bonds is 9. The van der Waals surface area contributed by atoms with Gasteiger partial charge in [-0.15, -0.1) is 0 Å². The van der Waals surface area contributed by atoms with E-state index in [9.17, 15) is 18.8 Å². The van der Waals surface area contributed by atoms with Crippen LogP contribution in [0.25, 0.3) is 0 Å². The number of amides is 3. The summed E-state index contributed by atoms with van der Waals surface area (Å²) in [5.41, 5.74) is 13.8. The molecule has 0 aliphatic rings. The van der Waals surface area contributed by atoms with Crippen molar-refractivity contribution in [2.45, 2.75) is 32.4 Å². The fourth-order valence-electron chi connectivity index (χ4n) is 4.09. The highest BCUT2D eigenvalue weighted by molar-refractivity contribution is 7.09. The average molecular weight is 546 g/mol. The van der Waals surface area contributed by atoms with Crippen molar-refractivity contribution >= 4 is 40.6 Å². The first kappa shape index (κ1) is 27.5. The number of nitrogens with two attached hydrogens (primary N) is 2. The summed E-state index contributed by atoms with van der Waals surface area (Å²) in [4.78, 5) is 40.9. The van der Waals surface area contributed by atoms with Gasteiger partial charge in [0.2, 0.25) is 5.91 Å². The number of carbonyl (C=O) groups excluding carboxylic acids is 3. The summed E-state index contributed by atoms with van der Waals surface area (Å²) in [6.45, 7) is 4.29. The highest BCUT2D eigenvalue weighted by Crippen LogP contribution is 2.34. The van der Waals surface area contributed by atoms with E-state index in [0.717, 1.165) is 22.7 Å². The van der Waals surface area contributed by atoms with Crippen molar-refractivity contribution in [3.05, 3.63) is 112 Å². The summed E-state index contributed by atoms with van der Waals surface area (Å²) in [7, 11) is 0. The number of halogens is 1. The quantitative estimate of drug-likeness (QED) is 0.278. The maximum atomic E-state index is 14.1. The number of hydrogen-bond acceptors (Lipinski definition) is 6. The highest BCUT2D eigenvalue weighted by Gasteiger charge is 2.36. The standard InChI is InChI=1S/C29H28FN5O3S/c1-17(2)19-10-14-22(15-11-19)35(29(38)26-23(31)24(27(32)36)34-39-26)25(20-8-12-21(30)13-9-20)28(37)33-16-18-6-4-3-5-7-18/h3-15,17,25H,16,31H2,1-2H3,(H2,32,36)(H,33,37). The van der Waals surface area contributed by atoms with E-state index >= 15 is 0 Å². The molecular weight excluding hydrogens is 517 g/mol. The van der Waals surface area contributed by atoms with Crippen LogP contribution in [0.5, 0.6) is 0 Å². The van der Waals surface area contributed by atoms with Crippen LogP contribution in [0.1, 0.15) is 62.7 Å². The van der Waals surface area contributed by atoms with Crippen molar-refractivity contribution in [3.63, 3.8) is 0 Å². The number of hydrogen-bond donors (Lipinski definition) is 3. The van der Waals surface area contributed by atoms with Crippen LogP contribution >= 0.6 is 11.5 Å². The molecule has 4 aromatic rings. The molecule has 5 N–H and O–H groups in total. The predicted molar refractivity (Wildman–Crippen MR) is 150 cm³/mol. The lowest BCUT2D eigenvalue weighted by Crippen LogP contribution is -2.44. The van der Waals surface area contributed by atoms with Gasteiger partial charge in [0.15, 0.2) is 5.69 Å². The molecule has 4 rings (SSSR count). The highest BCUT2D eigenvalue weighted by atomic mass is 32.1. The maximum Gasteiger partial charge on any atom is 0.273 e. The first-order valence-corrected chi connectivity index (χ1v) is 13.0. The van der Waals surface area contributed by atoms with Gasteiger partial charge in [0.1, 0.15) is 16.7 Å². The van der Waals surface area contributed by atoms with Crippen LogP contribution in [0, 0.1) is 5.82 Å². The third kappa shape index (κ3) is 6.12. The largest absolute Gasteiger partial charge is 0.395 e. The first-order valence-electron chi connectivity index (χ1n) is 12.2. The molecule has 3 amide bonds. The van der Waals surface area contributed by atoms with Crippen LogP contribution in [0.15, 0.2) is 78.9 Å². The number of nitrogens with zero attached hydrogens (tertiary/aromatic N) is 2. The van der Waals surface area contributed by atoms with Crippen LogP contribution in [0.2, 0.25) is 0 Å². The zero-order chi connectivity index (χ0) is 28.1. The van der Waals surface area contributed by atoms with E-state index in [0.29, 0.717) is 11.3 Å². The SMILES string of the molecule is CC(C)c1ccc(N(C(=O)c2snc(C(N)=O)c2N)C(C(=O)NCc2ccccc2)c2ccc(F)cc2)cc1. The van der Waals surface area contributed by atoms with E-state index in [1.807, 2.05) is 56.3 Å². The molecule has 0 spiro atoms. The lowest BCUT2D eigenvalue weighted by atomic mass is 10.00. The lowest BCUT2D eigenvalue weighted by Gasteiger charge is -2.31. The Balaban J connectivity index is 1.83. The third-order valence-electron chi connectivity index (χ3n) is 6.21. The zero-order valence-electron chi connectivity index (χ0n) is 21.4. The molecule has 0 fully saturated rings. The van der Waals surface area contributed by atoms with E-state index in [4.69, 9.17) is 11.5 Å². The van der Waals surface area contributed by atoms with Crippen molar-refractivity contribution in [2.75, 3.05) is 10.6 Å². The summed E-state index contributed by atoms with van der Waals surface area (Å²) in [6, 6.07) is 20.7. The Labute approximate surface area is 229 Å². The first-order chi connectivity index (χ1) is 18.7. The second-order valence-electron chi connectivity index (χ2n) is 9.22. The summed E-state index contributed by atoms with van der Waals surface area (Å²) >= 11 is 0.722. The van der Waals surface area contributed by atoms with Crippen molar-refractivity contribution in [1.82, 2.24) is 9.69 Å². The lowest BCUT2D eigenvalue weighted by molar-refractivity contribution is -0.122. The summed E-state index contributed by atoms with van der Waals surface area (Å²) in [5, 5.41) is 2.89. The molecule has 8 nitrogen and oxygen atoms in total. The average Bonchev–Trinajstić information content (AvgIpc) is 3.33. The number of anilines is 2. The van der Waals surface area contributed by atoms with Gasteiger partial charge in [0, 0.05) is 12.2 Å². The van der Waals surface area contributed by atoms with Crippen LogP contribution in [-0.2, 0) is 11.3 Å². The second kappa shape index (κ2) is 11.9. The molecule has 0 bridgehead atoms. The molecule has 39 heavy (non-hydrogen) atoms. The molecule has 0 saturated heterocycles. The van der Waals surface area contributed by atoms with E-state index < -0.39 is 29.6 Å². The molecule has 1 atom stereocenters. The molecular formula is C29H28FN5O3S. The Kier molecular flexibility index (Phi) is 8.36. The molecule has 1 unspecified atom stereocenters. The van der Waals surface area contributed by atoms with E-state index in [1.165, 1.54) is 29.2 Å². The van der Waals surface area contributed by atoms with Gasteiger partial charge >= 0.3 is 0 Å². The number of aromatic nitrogens is 1. The monoisotopic (exact) mass is 545 g/mol. The molecule has 1 heterocycles. The number of carbonyl (C=O) groups is 3. The van der Waals surface area contributed by atoms with Gasteiger partial charge in [0.25, 0.3) is 11.8 Å². The molecule has 3 aromatic carbocycles. The number of benzene rings is 3. The fraction of sp³-hybridized carbons (Fsp3) is 0.172. The number of nitrogen functional groups attached to an aromatic ring is 1. The number of primary amides is 1. The minimum atomic E-state index is -1.20. The van der Waals surface area contributed by atoms with Gasteiger partial charge in [-0.3, -0.25) is 19.3 Å². The van der Waals surface area contributed by atoms with Crippen LogP contribution in [-0.4, -0.2) is 22.1 Å². The summed E-state index contributed by atoms with van der Waals surface area (Å²) in [5.74, 6) is -2.27. The zero-order valence-corrected chi connectivity index (χ0v) is 22.2. The van der Waals surface area contributed by atoms with Gasteiger partial charge in [-0.1, -0.05) is 68.4 Å². The molecule has 200 valence electrons. The minimum absolute atomic E-state index is 0.0419. The van der Waals surface area contributed by atoms with Gasteiger partial charge in [-0.2, -0.15) is 4.37 Å². The van der Waals surface area contributed by atoms with Crippen molar-refractivity contribution < 1.29 is 18.8 Å². The van der Waals surface area contributed by atoms with Crippen LogP contribution < -0.4 is 21.7 Å². The minimum Gasteiger partial charge on any atom is -0.395 e. The van der Waals surface area contributed by atoms with Gasteiger partial charge in [-0.05, 0) is 58.4 Å². The topological polar surface area (TPSA) is 131 Å². The fourth-order valence-corrected chi connectivity index (χ4v) is 4.83.